The molecule has 11 aromatic carbocycles. The number of hydrogen-bond acceptors (Lipinski definition) is 3. The molecule has 0 bridgehead atoms. The summed E-state index contributed by atoms with van der Waals surface area (Å²) < 4.78 is 7.21. The molecule has 0 saturated heterocycles. The van der Waals surface area contributed by atoms with Gasteiger partial charge < -0.3 is 13.7 Å². The molecule has 0 atom stereocenters. The first-order valence-electron chi connectivity index (χ1n) is 25.4. The highest BCUT2D eigenvalue weighted by atomic mass is 15.0. The first-order valence-corrected chi connectivity index (χ1v) is 25.4. The van der Waals surface area contributed by atoms with Crippen LogP contribution >= 0.6 is 0 Å². The zero-order valence-corrected chi connectivity index (χ0v) is 40.6. The third-order valence-corrected chi connectivity index (χ3v) is 14.9. The fraction of sp³-hybridized carbons (Fsp3) is 0. The molecule has 75 heavy (non-hydrogen) atoms. The van der Waals surface area contributed by atoms with Crippen LogP contribution in [0, 0.1) is 0 Å². The standard InChI is InChI=1S/C69H44N6/c1-4-16-45(17-5-1)51-32-39-58-57-24-12-15-27-63(57)75(66(58)43-51)54-38-41-65-60(44-54)59-42-50(46-28-34-52(35-29-46)73-61-25-13-10-22-55(61)56-23-11-14-26-62(56)73)33-40-64(59)74(65)53-36-30-49(31-37-53)69-71-67(47-18-6-2-7-19-47)70-68(72-69)48-20-8-3-9-21-48/h1-44H. The van der Waals surface area contributed by atoms with Gasteiger partial charge in [0, 0.05) is 66.1 Å². The van der Waals surface area contributed by atoms with Crippen LogP contribution in [0.15, 0.2) is 267 Å². The molecular weight excluding hydrogens is 913 g/mol. The van der Waals surface area contributed by atoms with Gasteiger partial charge in [0.2, 0.25) is 0 Å². The molecule has 15 rings (SSSR count). The van der Waals surface area contributed by atoms with Crippen molar-refractivity contribution in [3.63, 3.8) is 0 Å². The zero-order chi connectivity index (χ0) is 49.4. The Bertz CT molecular complexity index is 4560. The Balaban J connectivity index is 0.896. The molecule has 0 amide bonds. The number of rotatable bonds is 8. The smallest absolute Gasteiger partial charge is 0.164 e. The van der Waals surface area contributed by atoms with Crippen molar-refractivity contribution in [3.05, 3.63) is 267 Å². The monoisotopic (exact) mass is 956 g/mol. The van der Waals surface area contributed by atoms with Gasteiger partial charge in [-0.15, -0.1) is 0 Å². The Hall–Kier alpha value is -10.2. The highest BCUT2D eigenvalue weighted by Crippen LogP contribution is 2.41. The summed E-state index contributed by atoms with van der Waals surface area (Å²) in [5, 5.41) is 7.30. The van der Waals surface area contributed by atoms with Crippen LogP contribution in [0.3, 0.4) is 0 Å². The van der Waals surface area contributed by atoms with Gasteiger partial charge in [-0.3, -0.25) is 0 Å². The molecule has 4 heterocycles. The topological polar surface area (TPSA) is 53.5 Å². The van der Waals surface area contributed by atoms with E-state index in [9.17, 15) is 0 Å². The third kappa shape index (κ3) is 7.07. The molecule has 0 aliphatic carbocycles. The summed E-state index contributed by atoms with van der Waals surface area (Å²) in [4.78, 5) is 15.0. The van der Waals surface area contributed by atoms with Gasteiger partial charge in [0.05, 0.1) is 33.1 Å². The average molecular weight is 957 g/mol. The van der Waals surface area contributed by atoms with E-state index in [0.717, 1.165) is 61.3 Å². The Morgan fingerprint density at radius 3 is 1.03 bits per heavy atom. The molecule has 6 nitrogen and oxygen atoms in total. The van der Waals surface area contributed by atoms with Crippen LogP contribution in [-0.4, -0.2) is 28.7 Å². The summed E-state index contributed by atoms with van der Waals surface area (Å²) in [6, 6.07) is 95.5. The van der Waals surface area contributed by atoms with E-state index in [-0.39, 0.29) is 0 Å². The van der Waals surface area contributed by atoms with Crippen molar-refractivity contribution >= 4 is 65.4 Å². The number of hydrogen-bond donors (Lipinski definition) is 0. The fourth-order valence-corrected chi connectivity index (χ4v) is 11.4. The van der Waals surface area contributed by atoms with Crippen LogP contribution in [0.5, 0.6) is 0 Å². The quantitative estimate of drug-likeness (QED) is 0.152. The molecule has 0 saturated carbocycles. The average Bonchev–Trinajstić information content (AvgIpc) is 4.18. The van der Waals surface area contributed by atoms with E-state index in [2.05, 4.69) is 220 Å². The largest absolute Gasteiger partial charge is 0.309 e. The fourth-order valence-electron chi connectivity index (χ4n) is 11.4. The number of aromatic nitrogens is 6. The highest BCUT2D eigenvalue weighted by Gasteiger charge is 2.20. The Morgan fingerprint density at radius 2 is 0.507 bits per heavy atom. The molecule has 350 valence electrons. The van der Waals surface area contributed by atoms with E-state index in [1.165, 1.54) is 60.1 Å². The number of para-hydroxylation sites is 3. The Morgan fingerprint density at radius 1 is 0.187 bits per heavy atom. The predicted molar refractivity (Wildman–Crippen MR) is 310 cm³/mol. The molecule has 0 spiro atoms. The van der Waals surface area contributed by atoms with Crippen molar-refractivity contribution in [2.24, 2.45) is 0 Å². The minimum Gasteiger partial charge on any atom is -0.309 e. The third-order valence-electron chi connectivity index (χ3n) is 14.9. The summed E-state index contributed by atoms with van der Waals surface area (Å²) in [5.74, 6) is 1.90. The van der Waals surface area contributed by atoms with Gasteiger partial charge in [0.1, 0.15) is 0 Å². The molecule has 15 aromatic rings. The lowest BCUT2D eigenvalue weighted by Crippen LogP contribution is -2.00. The van der Waals surface area contributed by atoms with Crippen molar-refractivity contribution in [1.82, 2.24) is 28.7 Å². The molecule has 0 N–H and O–H groups in total. The van der Waals surface area contributed by atoms with Crippen molar-refractivity contribution in [2.75, 3.05) is 0 Å². The predicted octanol–water partition coefficient (Wildman–Crippen LogP) is 17.5. The lowest BCUT2D eigenvalue weighted by Gasteiger charge is -2.12. The van der Waals surface area contributed by atoms with Gasteiger partial charge in [-0.1, -0.05) is 176 Å². The maximum Gasteiger partial charge on any atom is 0.164 e. The zero-order valence-electron chi connectivity index (χ0n) is 40.6. The Kier molecular flexibility index (Phi) is 9.78. The highest BCUT2D eigenvalue weighted by molar-refractivity contribution is 6.14. The van der Waals surface area contributed by atoms with Crippen molar-refractivity contribution in [3.8, 4) is 73.5 Å². The maximum absolute atomic E-state index is 5.04. The summed E-state index contributed by atoms with van der Waals surface area (Å²) in [6.45, 7) is 0. The first kappa shape index (κ1) is 42.5. The van der Waals surface area contributed by atoms with Gasteiger partial charge in [-0.2, -0.15) is 0 Å². The summed E-state index contributed by atoms with van der Waals surface area (Å²) in [5.41, 5.74) is 17.7. The second-order valence-corrected chi connectivity index (χ2v) is 19.2. The van der Waals surface area contributed by atoms with Crippen LogP contribution in [0.25, 0.3) is 139 Å². The molecule has 0 unspecified atom stereocenters. The van der Waals surface area contributed by atoms with E-state index >= 15 is 0 Å². The van der Waals surface area contributed by atoms with Crippen LogP contribution in [0.4, 0.5) is 0 Å². The van der Waals surface area contributed by atoms with Gasteiger partial charge in [-0.25, -0.2) is 15.0 Å². The maximum atomic E-state index is 5.04. The molecule has 0 radical (unpaired) electrons. The van der Waals surface area contributed by atoms with Crippen LogP contribution < -0.4 is 0 Å². The van der Waals surface area contributed by atoms with Crippen molar-refractivity contribution in [1.29, 1.82) is 0 Å². The molecular formula is C69H44N6. The van der Waals surface area contributed by atoms with E-state index in [1.54, 1.807) is 0 Å². The second-order valence-electron chi connectivity index (χ2n) is 19.2. The summed E-state index contributed by atoms with van der Waals surface area (Å²) >= 11 is 0. The van der Waals surface area contributed by atoms with Crippen molar-refractivity contribution < 1.29 is 0 Å². The van der Waals surface area contributed by atoms with Gasteiger partial charge in [0.25, 0.3) is 0 Å². The lowest BCUT2D eigenvalue weighted by molar-refractivity contribution is 1.07. The van der Waals surface area contributed by atoms with Crippen LogP contribution in [-0.2, 0) is 0 Å². The number of nitrogens with zero attached hydrogens (tertiary/aromatic N) is 6. The summed E-state index contributed by atoms with van der Waals surface area (Å²) in [6.07, 6.45) is 0. The van der Waals surface area contributed by atoms with Gasteiger partial charge >= 0.3 is 0 Å². The second kappa shape index (κ2) is 17.3. The van der Waals surface area contributed by atoms with Gasteiger partial charge in [-0.05, 0) is 113 Å². The van der Waals surface area contributed by atoms with E-state index < -0.39 is 0 Å². The SMILES string of the molecule is c1ccc(-c2ccc3c4ccccc4n(-c4ccc5c(c4)c4cc(-c6ccc(-n7c8ccccc8c8ccccc87)cc6)ccc4n5-c4ccc(-c5nc(-c6ccccc6)nc(-c6ccccc6)n5)cc4)c3c2)cc1. The van der Waals surface area contributed by atoms with Gasteiger partial charge in [0.15, 0.2) is 17.5 Å². The number of benzene rings is 11. The van der Waals surface area contributed by atoms with E-state index in [4.69, 9.17) is 15.0 Å². The number of fused-ring (bicyclic) bond motifs is 9. The minimum absolute atomic E-state index is 0.622. The van der Waals surface area contributed by atoms with Crippen LogP contribution in [0.1, 0.15) is 0 Å². The molecule has 6 heteroatoms. The van der Waals surface area contributed by atoms with Crippen LogP contribution in [0.2, 0.25) is 0 Å². The normalized spacial score (nSPS) is 11.7. The molecule has 0 aliphatic rings. The van der Waals surface area contributed by atoms with Crippen molar-refractivity contribution in [2.45, 2.75) is 0 Å². The minimum atomic E-state index is 0.622. The summed E-state index contributed by atoms with van der Waals surface area (Å²) in [7, 11) is 0. The first-order chi connectivity index (χ1) is 37.2. The lowest BCUT2D eigenvalue weighted by atomic mass is 10.0. The van der Waals surface area contributed by atoms with E-state index in [0.29, 0.717) is 17.5 Å². The van der Waals surface area contributed by atoms with E-state index in [1.807, 2.05) is 60.7 Å². The molecule has 0 aliphatic heterocycles. The Labute approximate surface area is 432 Å². The molecule has 4 aromatic heterocycles. The molecule has 0 fully saturated rings.